The van der Waals surface area contributed by atoms with Gasteiger partial charge in [0.2, 0.25) is 11.8 Å². The van der Waals surface area contributed by atoms with Crippen LogP contribution in [0.2, 0.25) is 0 Å². The highest BCUT2D eigenvalue weighted by Gasteiger charge is 2.44. The van der Waals surface area contributed by atoms with Crippen molar-refractivity contribution in [1.82, 2.24) is 10.2 Å². The molecule has 0 bridgehead atoms. The van der Waals surface area contributed by atoms with Gasteiger partial charge in [0.25, 0.3) is 0 Å². The summed E-state index contributed by atoms with van der Waals surface area (Å²) in [6.07, 6.45) is 0.696. The highest BCUT2D eigenvalue weighted by molar-refractivity contribution is 5.85. The molecule has 2 aliphatic heterocycles. The number of nitrogens with two attached hydrogens (primary N) is 1. The van der Waals surface area contributed by atoms with Gasteiger partial charge in [0.05, 0.1) is 24.5 Å². The van der Waals surface area contributed by atoms with Crippen molar-refractivity contribution in [2.75, 3.05) is 33.4 Å². The summed E-state index contributed by atoms with van der Waals surface area (Å²) >= 11 is 0. The monoisotopic (exact) mass is 255 g/mol. The fourth-order valence-corrected chi connectivity index (χ4v) is 2.70. The summed E-state index contributed by atoms with van der Waals surface area (Å²) in [5.41, 5.74) is 5.37. The minimum Gasteiger partial charge on any atom is -0.379 e. The van der Waals surface area contributed by atoms with E-state index in [-0.39, 0.29) is 23.8 Å². The molecule has 6 nitrogen and oxygen atoms in total. The number of hydrogen-bond donors (Lipinski definition) is 2. The van der Waals surface area contributed by atoms with E-state index in [0.717, 1.165) is 0 Å². The van der Waals surface area contributed by atoms with E-state index in [0.29, 0.717) is 32.7 Å². The number of rotatable bonds is 2. The molecule has 2 saturated heterocycles. The Morgan fingerprint density at radius 3 is 2.72 bits per heavy atom. The zero-order valence-electron chi connectivity index (χ0n) is 10.9. The maximum absolute atomic E-state index is 12.3. The van der Waals surface area contributed by atoms with E-state index in [4.69, 9.17) is 10.5 Å². The van der Waals surface area contributed by atoms with Gasteiger partial charge >= 0.3 is 0 Å². The Labute approximate surface area is 107 Å². The molecule has 0 radical (unpaired) electrons. The van der Waals surface area contributed by atoms with E-state index in [9.17, 15) is 9.59 Å². The fraction of sp³-hybridized carbons (Fsp3) is 0.833. The van der Waals surface area contributed by atoms with Gasteiger partial charge in [0.15, 0.2) is 0 Å². The number of likely N-dealkylation sites (tertiary alicyclic amines) is 1. The van der Waals surface area contributed by atoms with Crippen molar-refractivity contribution in [1.29, 1.82) is 0 Å². The third-order valence-corrected chi connectivity index (χ3v) is 4.00. The third kappa shape index (κ3) is 2.22. The molecule has 0 aromatic heterocycles. The zero-order valence-corrected chi connectivity index (χ0v) is 10.9. The lowest BCUT2D eigenvalue weighted by Gasteiger charge is -2.25. The van der Waals surface area contributed by atoms with Gasteiger partial charge in [-0.1, -0.05) is 0 Å². The van der Waals surface area contributed by atoms with Crippen LogP contribution in [-0.2, 0) is 14.3 Å². The van der Waals surface area contributed by atoms with Crippen LogP contribution in [0.4, 0.5) is 0 Å². The van der Waals surface area contributed by atoms with Crippen molar-refractivity contribution in [3.8, 4) is 0 Å². The number of carbonyl (C=O) groups is 2. The second kappa shape index (κ2) is 4.85. The minimum atomic E-state index is -0.478. The predicted octanol–water partition coefficient (Wildman–Crippen LogP) is -1.06. The normalized spacial score (nSPS) is 35.8. The number of amides is 2. The summed E-state index contributed by atoms with van der Waals surface area (Å²) in [6.45, 7) is 3.81. The van der Waals surface area contributed by atoms with Crippen LogP contribution >= 0.6 is 0 Å². The Morgan fingerprint density at radius 2 is 2.17 bits per heavy atom. The molecule has 2 amide bonds. The first-order chi connectivity index (χ1) is 8.48. The number of ether oxygens (including phenoxy) is 1. The Bertz CT molecular complexity index is 360. The summed E-state index contributed by atoms with van der Waals surface area (Å²) in [5, 5.41) is 2.66. The Morgan fingerprint density at radius 1 is 1.44 bits per heavy atom. The van der Waals surface area contributed by atoms with Crippen LogP contribution in [0.25, 0.3) is 0 Å². The molecule has 3 N–H and O–H groups in total. The van der Waals surface area contributed by atoms with Crippen molar-refractivity contribution >= 4 is 11.8 Å². The van der Waals surface area contributed by atoms with Crippen LogP contribution in [0.15, 0.2) is 0 Å². The molecule has 2 fully saturated rings. The molecule has 18 heavy (non-hydrogen) atoms. The van der Waals surface area contributed by atoms with Crippen LogP contribution in [0, 0.1) is 11.3 Å². The zero-order chi connectivity index (χ0) is 13.3. The first-order valence-corrected chi connectivity index (χ1v) is 6.32. The molecule has 0 spiro atoms. The lowest BCUT2D eigenvalue weighted by molar-refractivity contribution is -0.136. The lowest BCUT2D eigenvalue weighted by Crippen LogP contribution is -2.45. The largest absolute Gasteiger partial charge is 0.379 e. The number of nitrogens with one attached hydrogen (secondary N) is 1. The van der Waals surface area contributed by atoms with Gasteiger partial charge < -0.3 is 20.7 Å². The van der Waals surface area contributed by atoms with Crippen molar-refractivity contribution in [2.45, 2.75) is 19.4 Å². The van der Waals surface area contributed by atoms with E-state index in [1.54, 1.807) is 11.9 Å². The van der Waals surface area contributed by atoms with E-state index >= 15 is 0 Å². The molecule has 0 aromatic carbocycles. The lowest BCUT2D eigenvalue weighted by atomic mass is 9.89. The standard InChI is InChI=1S/C12H21N3O3/c1-12(11(17)14-2)3-4-15(7-12)10(16)8-5-18-6-9(8)13/h8-9H,3-7,13H2,1-2H3,(H,14,17). The predicted molar refractivity (Wildman–Crippen MR) is 65.7 cm³/mol. The van der Waals surface area contributed by atoms with Gasteiger partial charge in [-0.3, -0.25) is 9.59 Å². The summed E-state index contributed by atoms with van der Waals surface area (Å²) < 4.78 is 5.22. The van der Waals surface area contributed by atoms with Crippen LogP contribution in [0.5, 0.6) is 0 Å². The fourth-order valence-electron chi connectivity index (χ4n) is 2.70. The molecular formula is C12H21N3O3. The van der Waals surface area contributed by atoms with Gasteiger partial charge in [0.1, 0.15) is 0 Å². The molecular weight excluding hydrogens is 234 g/mol. The molecule has 6 heteroatoms. The highest BCUT2D eigenvalue weighted by Crippen LogP contribution is 2.31. The third-order valence-electron chi connectivity index (χ3n) is 4.00. The second-order valence-electron chi connectivity index (χ2n) is 5.46. The van der Waals surface area contributed by atoms with Gasteiger partial charge in [-0.05, 0) is 13.3 Å². The van der Waals surface area contributed by atoms with Crippen LogP contribution in [0.3, 0.4) is 0 Å². The molecule has 102 valence electrons. The van der Waals surface area contributed by atoms with Gasteiger partial charge in [-0.2, -0.15) is 0 Å². The number of hydrogen-bond acceptors (Lipinski definition) is 4. The Balaban J connectivity index is 2.00. The molecule has 2 aliphatic rings. The second-order valence-corrected chi connectivity index (χ2v) is 5.46. The van der Waals surface area contributed by atoms with E-state index < -0.39 is 5.41 Å². The molecule has 3 atom stereocenters. The van der Waals surface area contributed by atoms with E-state index in [1.807, 2.05) is 6.92 Å². The summed E-state index contributed by atoms with van der Waals surface area (Å²) in [7, 11) is 1.62. The van der Waals surface area contributed by atoms with E-state index in [1.165, 1.54) is 0 Å². The van der Waals surface area contributed by atoms with E-state index in [2.05, 4.69) is 5.32 Å². The first kappa shape index (κ1) is 13.3. The summed E-state index contributed by atoms with van der Waals surface area (Å²) in [4.78, 5) is 25.8. The maximum Gasteiger partial charge on any atom is 0.229 e. The average Bonchev–Trinajstić information content (AvgIpc) is 2.95. The minimum absolute atomic E-state index is 0.00947. The van der Waals surface area contributed by atoms with Crippen molar-refractivity contribution < 1.29 is 14.3 Å². The molecule has 0 aliphatic carbocycles. The maximum atomic E-state index is 12.3. The van der Waals surface area contributed by atoms with Gasteiger partial charge in [0, 0.05) is 26.2 Å². The van der Waals surface area contributed by atoms with Gasteiger partial charge in [-0.25, -0.2) is 0 Å². The van der Waals surface area contributed by atoms with Crippen LogP contribution < -0.4 is 11.1 Å². The topological polar surface area (TPSA) is 84.7 Å². The average molecular weight is 255 g/mol. The Kier molecular flexibility index (Phi) is 3.59. The van der Waals surface area contributed by atoms with Gasteiger partial charge in [-0.15, -0.1) is 0 Å². The summed E-state index contributed by atoms with van der Waals surface area (Å²) in [5.74, 6) is -0.241. The van der Waals surface area contributed by atoms with Crippen LogP contribution in [0.1, 0.15) is 13.3 Å². The molecule has 0 aromatic rings. The molecule has 0 saturated carbocycles. The van der Waals surface area contributed by atoms with Crippen molar-refractivity contribution in [3.63, 3.8) is 0 Å². The molecule has 3 unspecified atom stereocenters. The van der Waals surface area contributed by atoms with Crippen molar-refractivity contribution in [3.05, 3.63) is 0 Å². The van der Waals surface area contributed by atoms with Crippen LogP contribution in [-0.4, -0.2) is 56.1 Å². The smallest absolute Gasteiger partial charge is 0.229 e. The number of carbonyl (C=O) groups excluding carboxylic acids is 2. The Hall–Kier alpha value is -1.14. The van der Waals surface area contributed by atoms with Crippen molar-refractivity contribution in [2.24, 2.45) is 17.1 Å². The molecule has 2 heterocycles. The number of nitrogens with zero attached hydrogens (tertiary/aromatic N) is 1. The quantitative estimate of drug-likeness (QED) is 0.659. The SMILES string of the molecule is CNC(=O)C1(C)CCN(C(=O)C2COCC2N)C1. The molecule has 2 rings (SSSR count). The first-order valence-electron chi connectivity index (χ1n) is 6.32. The highest BCUT2D eigenvalue weighted by atomic mass is 16.5. The summed E-state index contributed by atoms with van der Waals surface area (Å²) in [6, 6.07) is -0.218.